The molecule has 0 radical (unpaired) electrons. The summed E-state index contributed by atoms with van der Waals surface area (Å²) in [5.41, 5.74) is 3.42. The van der Waals surface area contributed by atoms with Crippen LogP contribution in [-0.2, 0) is 4.74 Å². The van der Waals surface area contributed by atoms with Crippen molar-refractivity contribution in [2.24, 2.45) is 0 Å². The Morgan fingerprint density at radius 1 is 1.35 bits per heavy atom. The number of halogens is 1. The van der Waals surface area contributed by atoms with Crippen LogP contribution in [0.2, 0.25) is 5.02 Å². The number of ether oxygens (including phenoxy) is 1. The number of rotatable bonds is 2. The van der Waals surface area contributed by atoms with E-state index in [1.54, 1.807) is 24.3 Å². The summed E-state index contributed by atoms with van der Waals surface area (Å²) in [5.74, 6) is 0. The van der Waals surface area contributed by atoms with E-state index in [0.717, 1.165) is 0 Å². The van der Waals surface area contributed by atoms with Crippen LogP contribution < -0.4 is 10.7 Å². The van der Waals surface area contributed by atoms with Crippen LogP contribution >= 0.6 is 11.6 Å². The van der Waals surface area contributed by atoms with E-state index in [-0.39, 0.29) is 6.03 Å². The van der Waals surface area contributed by atoms with Crippen molar-refractivity contribution in [1.29, 1.82) is 0 Å². The lowest BCUT2D eigenvalue weighted by Crippen LogP contribution is -2.49. The van der Waals surface area contributed by atoms with Crippen LogP contribution in [0.15, 0.2) is 24.3 Å². The number of nitrogens with one attached hydrogen (secondary N) is 2. The van der Waals surface area contributed by atoms with Crippen molar-refractivity contribution in [3.8, 4) is 0 Å². The highest BCUT2D eigenvalue weighted by Gasteiger charge is 2.12. The maximum Gasteiger partial charge on any atom is 0.333 e. The van der Waals surface area contributed by atoms with E-state index in [9.17, 15) is 4.79 Å². The first-order valence-electron chi connectivity index (χ1n) is 5.40. The van der Waals surface area contributed by atoms with E-state index in [2.05, 4.69) is 10.7 Å². The van der Waals surface area contributed by atoms with Gasteiger partial charge in [0.05, 0.1) is 13.2 Å². The van der Waals surface area contributed by atoms with E-state index >= 15 is 0 Å². The van der Waals surface area contributed by atoms with Crippen molar-refractivity contribution < 1.29 is 9.53 Å². The SMILES string of the molecule is O=C(Nc1cccc(Cl)c1)NN1CCOCC1. The quantitative estimate of drug-likeness (QED) is 0.846. The van der Waals surface area contributed by atoms with Crippen molar-refractivity contribution >= 4 is 23.3 Å². The molecule has 6 heteroatoms. The summed E-state index contributed by atoms with van der Waals surface area (Å²) >= 11 is 5.82. The second-order valence-corrected chi connectivity index (χ2v) is 4.11. The zero-order valence-corrected chi connectivity index (χ0v) is 10.0. The summed E-state index contributed by atoms with van der Waals surface area (Å²) in [5, 5.41) is 5.13. The van der Waals surface area contributed by atoms with E-state index < -0.39 is 0 Å². The smallest absolute Gasteiger partial charge is 0.333 e. The molecule has 1 aromatic carbocycles. The van der Waals surface area contributed by atoms with E-state index in [0.29, 0.717) is 37.0 Å². The number of carbonyl (C=O) groups is 1. The Labute approximate surface area is 105 Å². The predicted molar refractivity (Wildman–Crippen MR) is 66.0 cm³/mol. The molecule has 0 aliphatic carbocycles. The zero-order chi connectivity index (χ0) is 12.1. The first-order chi connectivity index (χ1) is 8.24. The molecule has 1 heterocycles. The van der Waals surface area contributed by atoms with Gasteiger partial charge in [0.15, 0.2) is 0 Å². The van der Waals surface area contributed by atoms with Gasteiger partial charge in [0.25, 0.3) is 0 Å². The van der Waals surface area contributed by atoms with Gasteiger partial charge in [-0.3, -0.25) is 5.43 Å². The van der Waals surface area contributed by atoms with Gasteiger partial charge in [-0.05, 0) is 18.2 Å². The highest BCUT2D eigenvalue weighted by molar-refractivity contribution is 6.30. The van der Waals surface area contributed by atoms with Gasteiger partial charge in [-0.25, -0.2) is 9.80 Å². The Balaban J connectivity index is 1.84. The molecule has 0 saturated carbocycles. The van der Waals surface area contributed by atoms with Gasteiger partial charge in [-0.1, -0.05) is 17.7 Å². The van der Waals surface area contributed by atoms with Gasteiger partial charge >= 0.3 is 6.03 Å². The topological polar surface area (TPSA) is 53.6 Å². The number of carbonyl (C=O) groups excluding carboxylic acids is 1. The molecule has 0 bridgehead atoms. The van der Waals surface area contributed by atoms with Gasteiger partial charge in [0.2, 0.25) is 0 Å². The second-order valence-electron chi connectivity index (χ2n) is 3.68. The first-order valence-corrected chi connectivity index (χ1v) is 5.78. The number of amides is 2. The maximum atomic E-state index is 11.6. The zero-order valence-electron chi connectivity index (χ0n) is 9.28. The molecule has 0 spiro atoms. The average molecular weight is 256 g/mol. The van der Waals surface area contributed by atoms with Gasteiger partial charge in [-0.15, -0.1) is 0 Å². The first kappa shape index (κ1) is 12.2. The van der Waals surface area contributed by atoms with E-state index in [1.165, 1.54) is 0 Å². The highest BCUT2D eigenvalue weighted by Crippen LogP contribution is 2.14. The molecule has 1 aliphatic heterocycles. The Hall–Kier alpha value is -1.30. The molecule has 2 N–H and O–H groups in total. The predicted octanol–water partition coefficient (Wildman–Crippen LogP) is 1.71. The lowest BCUT2D eigenvalue weighted by molar-refractivity contribution is 0.0207. The molecule has 5 nitrogen and oxygen atoms in total. The molecule has 2 amide bonds. The fourth-order valence-electron chi connectivity index (χ4n) is 1.54. The second kappa shape index (κ2) is 5.86. The van der Waals surface area contributed by atoms with Crippen molar-refractivity contribution in [2.45, 2.75) is 0 Å². The largest absolute Gasteiger partial charge is 0.379 e. The van der Waals surface area contributed by atoms with Crippen molar-refractivity contribution in [3.63, 3.8) is 0 Å². The Morgan fingerprint density at radius 3 is 2.82 bits per heavy atom. The lowest BCUT2D eigenvalue weighted by Gasteiger charge is -2.26. The molecule has 0 aromatic heterocycles. The van der Waals surface area contributed by atoms with Crippen LogP contribution in [0.4, 0.5) is 10.5 Å². The van der Waals surface area contributed by atoms with E-state index in [1.807, 2.05) is 5.01 Å². The van der Waals surface area contributed by atoms with Crippen LogP contribution in [0.1, 0.15) is 0 Å². The molecule has 0 atom stereocenters. The number of hydrazine groups is 1. The molecule has 1 saturated heterocycles. The minimum atomic E-state index is -0.269. The van der Waals surface area contributed by atoms with Gasteiger partial charge in [-0.2, -0.15) is 0 Å². The molecule has 17 heavy (non-hydrogen) atoms. The maximum absolute atomic E-state index is 11.6. The summed E-state index contributed by atoms with van der Waals surface area (Å²) in [6.07, 6.45) is 0. The Morgan fingerprint density at radius 2 is 2.12 bits per heavy atom. The lowest BCUT2D eigenvalue weighted by atomic mass is 10.3. The summed E-state index contributed by atoms with van der Waals surface area (Å²) in [4.78, 5) is 11.6. The monoisotopic (exact) mass is 255 g/mol. The molecular formula is C11H14ClN3O2. The summed E-state index contributed by atoms with van der Waals surface area (Å²) in [6.45, 7) is 2.67. The standard InChI is InChI=1S/C11H14ClN3O2/c12-9-2-1-3-10(8-9)13-11(16)14-15-4-6-17-7-5-15/h1-3,8H,4-7H2,(H2,13,14,16). The van der Waals surface area contributed by atoms with Crippen LogP contribution in [0.25, 0.3) is 0 Å². The molecule has 1 aromatic rings. The number of anilines is 1. The third-order valence-electron chi connectivity index (χ3n) is 2.35. The molecule has 2 rings (SSSR count). The van der Waals surface area contributed by atoms with Crippen LogP contribution in [0, 0.1) is 0 Å². The molecule has 1 aliphatic rings. The fraction of sp³-hybridized carbons (Fsp3) is 0.364. The number of hydrogen-bond donors (Lipinski definition) is 2. The fourth-order valence-corrected chi connectivity index (χ4v) is 1.73. The average Bonchev–Trinajstić information content (AvgIpc) is 2.30. The highest BCUT2D eigenvalue weighted by atomic mass is 35.5. The van der Waals surface area contributed by atoms with Crippen LogP contribution in [-0.4, -0.2) is 37.3 Å². The number of urea groups is 1. The number of hydrogen-bond acceptors (Lipinski definition) is 3. The Kier molecular flexibility index (Phi) is 4.19. The molecule has 92 valence electrons. The normalized spacial score (nSPS) is 16.5. The van der Waals surface area contributed by atoms with Gasteiger partial charge in [0.1, 0.15) is 0 Å². The minimum Gasteiger partial charge on any atom is -0.379 e. The van der Waals surface area contributed by atoms with Crippen molar-refractivity contribution in [1.82, 2.24) is 10.4 Å². The summed E-state index contributed by atoms with van der Waals surface area (Å²) < 4.78 is 5.18. The van der Waals surface area contributed by atoms with Gasteiger partial charge in [0, 0.05) is 23.8 Å². The van der Waals surface area contributed by atoms with Gasteiger partial charge < -0.3 is 10.1 Å². The van der Waals surface area contributed by atoms with Crippen LogP contribution in [0.3, 0.4) is 0 Å². The number of morpholine rings is 1. The number of nitrogens with zero attached hydrogens (tertiary/aromatic N) is 1. The summed E-state index contributed by atoms with van der Waals surface area (Å²) in [7, 11) is 0. The third kappa shape index (κ3) is 3.89. The third-order valence-corrected chi connectivity index (χ3v) is 2.59. The molecule has 1 fully saturated rings. The minimum absolute atomic E-state index is 0.269. The van der Waals surface area contributed by atoms with Crippen molar-refractivity contribution in [3.05, 3.63) is 29.3 Å². The van der Waals surface area contributed by atoms with Crippen molar-refractivity contribution in [2.75, 3.05) is 31.6 Å². The van der Waals surface area contributed by atoms with Crippen LogP contribution in [0.5, 0.6) is 0 Å². The summed E-state index contributed by atoms with van der Waals surface area (Å²) in [6, 6.07) is 6.75. The van der Waals surface area contributed by atoms with E-state index in [4.69, 9.17) is 16.3 Å². The molecular weight excluding hydrogens is 242 g/mol. The Bertz CT molecular complexity index is 394. The number of benzene rings is 1. The molecule has 0 unspecified atom stereocenters.